The highest BCUT2D eigenvalue weighted by Gasteiger charge is 2.20. The lowest BCUT2D eigenvalue weighted by Gasteiger charge is -2.12. The highest BCUT2D eigenvalue weighted by Crippen LogP contribution is 2.40. The van der Waals surface area contributed by atoms with E-state index in [2.05, 4.69) is 220 Å². The largest absolute Gasteiger partial charge is 0.309 e. The van der Waals surface area contributed by atoms with Crippen LogP contribution in [0.2, 0.25) is 0 Å². The second-order valence-corrected chi connectivity index (χ2v) is 17.7. The molecule has 0 N–H and O–H groups in total. The monoisotopic (exact) mass is 880 g/mol. The third kappa shape index (κ3) is 6.30. The van der Waals surface area contributed by atoms with Crippen molar-refractivity contribution in [1.29, 1.82) is 0 Å². The van der Waals surface area contributed by atoms with Gasteiger partial charge in [-0.25, -0.2) is 9.97 Å². The lowest BCUT2D eigenvalue weighted by Crippen LogP contribution is -1.97. The molecule has 69 heavy (non-hydrogen) atoms. The quantitative estimate of drug-likeness (QED) is 0.160. The fourth-order valence-electron chi connectivity index (χ4n) is 10.6. The minimum absolute atomic E-state index is 0.701. The Morgan fingerprint density at radius 1 is 0.261 bits per heavy atom. The first-order valence-corrected chi connectivity index (χ1v) is 23.3. The summed E-state index contributed by atoms with van der Waals surface area (Å²) in [6.45, 7) is 0. The normalized spacial score (nSPS) is 11.8. The Morgan fingerprint density at radius 2 is 0.739 bits per heavy atom. The predicted octanol–water partition coefficient (Wildman–Crippen LogP) is 15.8. The predicted molar refractivity (Wildman–Crippen MR) is 285 cm³/mol. The topological polar surface area (TPSA) is 53.5 Å². The zero-order valence-electron chi connectivity index (χ0n) is 37.3. The van der Waals surface area contributed by atoms with Crippen molar-refractivity contribution in [1.82, 2.24) is 28.7 Å². The van der Waals surface area contributed by atoms with Crippen molar-refractivity contribution >= 4 is 65.5 Å². The number of para-hydroxylation sites is 3. The Kier molecular flexibility index (Phi) is 8.79. The van der Waals surface area contributed by atoms with Gasteiger partial charge in [0.25, 0.3) is 0 Å². The average molecular weight is 881 g/mol. The van der Waals surface area contributed by atoms with Gasteiger partial charge in [-0.2, -0.15) is 0 Å². The summed E-state index contributed by atoms with van der Waals surface area (Å²) in [4.78, 5) is 15.1. The molecule has 0 fully saturated rings. The van der Waals surface area contributed by atoms with Crippen molar-refractivity contribution in [3.63, 3.8) is 0 Å². The highest BCUT2D eigenvalue weighted by molar-refractivity contribution is 6.14. The maximum Gasteiger partial charge on any atom is 0.160 e. The molecule has 14 rings (SSSR count). The molecule has 6 heteroatoms. The van der Waals surface area contributed by atoms with Crippen molar-refractivity contribution in [2.75, 3.05) is 0 Å². The summed E-state index contributed by atoms with van der Waals surface area (Å²) >= 11 is 0. The van der Waals surface area contributed by atoms with Crippen LogP contribution in [0.3, 0.4) is 0 Å². The Bertz CT molecular complexity index is 4240. The van der Waals surface area contributed by atoms with E-state index in [-0.39, 0.29) is 0 Å². The van der Waals surface area contributed by atoms with Gasteiger partial charge >= 0.3 is 0 Å². The highest BCUT2D eigenvalue weighted by atomic mass is 15.0. The number of hydrogen-bond donors (Lipinski definition) is 0. The average Bonchev–Trinajstić information content (AvgIpc) is 4.06. The number of rotatable bonds is 7. The minimum atomic E-state index is 0.701. The van der Waals surface area contributed by atoms with Crippen molar-refractivity contribution in [2.45, 2.75) is 0 Å². The molecule has 0 radical (unpaired) electrons. The zero-order valence-corrected chi connectivity index (χ0v) is 37.3. The summed E-state index contributed by atoms with van der Waals surface area (Å²) < 4.78 is 7.10. The summed E-state index contributed by atoms with van der Waals surface area (Å²) in [5, 5.41) is 5.95. The molecule has 9 aromatic carbocycles. The molecule has 0 spiro atoms. The fourth-order valence-corrected chi connectivity index (χ4v) is 10.6. The standard InChI is InChI=1S/C63H40N6/c1-4-16-41(17-5-1)54-40-55(66-63(65-54)42-18-6-2-7-19-42)45-20-14-23-47(36-45)68-56-26-12-10-24-49(56)51-37-43(29-32-58(51)68)44-30-33-59-52(38-44)50-25-11-13-27-57(50)69(59)48-31-34-60-53(39-48)62-61(28-15-35-64-62)67(60)46-21-8-3-9-22-46/h1-40H. The lowest BCUT2D eigenvalue weighted by atomic mass is 10.0. The van der Waals surface area contributed by atoms with Crippen molar-refractivity contribution in [2.24, 2.45) is 0 Å². The molecule has 14 aromatic rings. The van der Waals surface area contributed by atoms with Gasteiger partial charge in [0.05, 0.1) is 50.0 Å². The Hall–Kier alpha value is -9.39. The molecule has 5 aromatic heterocycles. The van der Waals surface area contributed by atoms with Crippen LogP contribution < -0.4 is 0 Å². The Morgan fingerprint density at radius 3 is 1.41 bits per heavy atom. The number of fused-ring (bicyclic) bond motifs is 9. The van der Waals surface area contributed by atoms with Crippen molar-refractivity contribution < 1.29 is 0 Å². The number of pyridine rings is 1. The smallest absolute Gasteiger partial charge is 0.160 e. The summed E-state index contributed by atoms with van der Waals surface area (Å²) in [6, 6.07) is 84.3. The van der Waals surface area contributed by atoms with E-state index in [1.807, 2.05) is 36.5 Å². The molecule has 0 bridgehead atoms. The molecule has 6 nitrogen and oxygen atoms in total. The van der Waals surface area contributed by atoms with Crippen LogP contribution in [-0.2, 0) is 0 Å². The summed E-state index contributed by atoms with van der Waals surface area (Å²) in [5.41, 5.74) is 18.3. The first-order valence-electron chi connectivity index (χ1n) is 23.3. The molecule has 0 aliphatic heterocycles. The van der Waals surface area contributed by atoms with E-state index in [4.69, 9.17) is 15.0 Å². The van der Waals surface area contributed by atoms with E-state index in [1.54, 1.807) is 0 Å². The molecule has 5 heterocycles. The van der Waals surface area contributed by atoms with Gasteiger partial charge in [0, 0.05) is 66.9 Å². The molecule has 0 saturated carbocycles. The molecule has 0 aliphatic carbocycles. The molecular weight excluding hydrogens is 841 g/mol. The van der Waals surface area contributed by atoms with Crippen molar-refractivity contribution in [3.8, 4) is 62.1 Å². The van der Waals surface area contributed by atoms with Crippen LogP contribution in [0.1, 0.15) is 0 Å². The minimum Gasteiger partial charge on any atom is -0.309 e. The maximum absolute atomic E-state index is 5.16. The summed E-state index contributed by atoms with van der Waals surface area (Å²) in [6.07, 6.45) is 1.89. The first kappa shape index (κ1) is 38.8. The molecule has 0 saturated heterocycles. The van der Waals surface area contributed by atoms with Gasteiger partial charge in [-0.1, -0.05) is 140 Å². The zero-order chi connectivity index (χ0) is 45.4. The van der Waals surface area contributed by atoms with E-state index in [0.29, 0.717) is 5.82 Å². The Balaban J connectivity index is 0.882. The van der Waals surface area contributed by atoms with Crippen molar-refractivity contribution in [3.05, 3.63) is 243 Å². The maximum atomic E-state index is 5.16. The van der Waals surface area contributed by atoms with Gasteiger partial charge in [-0.3, -0.25) is 4.98 Å². The van der Waals surface area contributed by atoms with E-state index in [0.717, 1.165) is 83.6 Å². The molecule has 0 unspecified atom stereocenters. The third-order valence-electron chi connectivity index (χ3n) is 13.7. The molecular formula is C63H40N6. The molecule has 0 aliphatic rings. The van der Waals surface area contributed by atoms with Gasteiger partial charge in [-0.05, 0) is 108 Å². The van der Waals surface area contributed by atoms with Crippen LogP contribution >= 0.6 is 0 Å². The Labute approximate surface area is 397 Å². The van der Waals surface area contributed by atoms with Gasteiger partial charge in [0.15, 0.2) is 5.82 Å². The van der Waals surface area contributed by atoms with Gasteiger partial charge in [-0.15, -0.1) is 0 Å². The third-order valence-corrected chi connectivity index (χ3v) is 13.7. The number of hydrogen-bond acceptors (Lipinski definition) is 3. The van der Waals surface area contributed by atoms with E-state index >= 15 is 0 Å². The number of nitrogens with zero attached hydrogens (tertiary/aromatic N) is 6. The second-order valence-electron chi connectivity index (χ2n) is 17.7. The summed E-state index contributed by atoms with van der Waals surface area (Å²) in [7, 11) is 0. The number of aromatic nitrogens is 6. The van der Waals surface area contributed by atoms with Crippen LogP contribution in [0.4, 0.5) is 0 Å². The van der Waals surface area contributed by atoms with E-state index in [1.165, 1.54) is 38.2 Å². The van der Waals surface area contributed by atoms with Gasteiger partial charge in [0.1, 0.15) is 0 Å². The van der Waals surface area contributed by atoms with Gasteiger partial charge in [0.2, 0.25) is 0 Å². The molecule has 0 amide bonds. The summed E-state index contributed by atoms with van der Waals surface area (Å²) in [5.74, 6) is 0.701. The first-order chi connectivity index (χ1) is 34.2. The van der Waals surface area contributed by atoms with Crippen LogP contribution in [0.25, 0.3) is 128 Å². The fraction of sp³-hybridized carbons (Fsp3) is 0. The number of benzene rings is 9. The SMILES string of the molecule is c1ccc(-c2cc(-c3cccc(-n4c5ccccc5c5cc(-c6ccc7c(c6)c6ccccc6n7-c6ccc7c(c6)c6ncccc6n7-c6ccccc6)ccc54)c3)nc(-c3ccccc3)n2)cc1. The molecule has 0 atom stereocenters. The van der Waals surface area contributed by atoms with Gasteiger partial charge < -0.3 is 13.7 Å². The van der Waals surface area contributed by atoms with E-state index < -0.39 is 0 Å². The van der Waals surface area contributed by atoms with E-state index in [9.17, 15) is 0 Å². The second kappa shape index (κ2) is 15.6. The van der Waals surface area contributed by atoms with Crippen LogP contribution in [-0.4, -0.2) is 28.7 Å². The van der Waals surface area contributed by atoms with Crippen LogP contribution in [0.15, 0.2) is 243 Å². The molecule has 322 valence electrons. The van der Waals surface area contributed by atoms with Crippen LogP contribution in [0, 0.1) is 0 Å². The lowest BCUT2D eigenvalue weighted by molar-refractivity contribution is 1.16. The van der Waals surface area contributed by atoms with Crippen LogP contribution in [0.5, 0.6) is 0 Å².